The summed E-state index contributed by atoms with van der Waals surface area (Å²) in [7, 11) is 0. The Morgan fingerprint density at radius 1 is 1.17 bits per heavy atom. The molecule has 0 aromatic heterocycles. The van der Waals surface area contributed by atoms with Gasteiger partial charge in [0.15, 0.2) is 0 Å². The van der Waals surface area contributed by atoms with Gasteiger partial charge in [0.05, 0.1) is 0 Å². The fourth-order valence-corrected chi connectivity index (χ4v) is 1.96. The van der Waals surface area contributed by atoms with Crippen molar-refractivity contribution in [2.45, 2.75) is 52.1 Å². The van der Waals surface area contributed by atoms with Gasteiger partial charge in [0, 0.05) is 5.41 Å². The van der Waals surface area contributed by atoms with E-state index in [9.17, 15) is 4.79 Å². The average Bonchev–Trinajstić information content (AvgIpc) is 1.96. The van der Waals surface area contributed by atoms with Gasteiger partial charge >= 0.3 is 0 Å². The van der Waals surface area contributed by atoms with Crippen LogP contribution in [0.5, 0.6) is 0 Å². The van der Waals surface area contributed by atoms with E-state index in [0.29, 0.717) is 6.47 Å². The summed E-state index contributed by atoms with van der Waals surface area (Å²) in [5.41, 5.74) is -0.112. The summed E-state index contributed by atoms with van der Waals surface area (Å²) in [6, 6.07) is 0. The second-order valence-electron chi connectivity index (χ2n) is 4.54. The first kappa shape index (κ1) is 9.56. The molecule has 0 heterocycles. The van der Waals surface area contributed by atoms with Crippen LogP contribution < -0.4 is 0 Å². The molecule has 1 rings (SSSR count). The summed E-state index contributed by atoms with van der Waals surface area (Å²) in [5.74, 6) is 0. The molecule has 1 unspecified atom stereocenters. The van der Waals surface area contributed by atoms with E-state index in [0.717, 1.165) is 12.8 Å². The van der Waals surface area contributed by atoms with E-state index >= 15 is 0 Å². The van der Waals surface area contributed by atoms with Gasteiger partial charge < -0.3 is 4.74 Å². The first-order chi connectivity index (χ1) is 5.52. The maximum absolute atomic E-state index is 10.3. The first-order valence-corrected chi connectivity index (χ1v) is 4.63. The molecule has 2 nitrogen and oxygen atoms in total. The van der Waals surface area contributed by atoms with Crippen LogP contribution in [0, 0.1) is 5.41 Å². The Morgan fingerprint density at radius 2 is 1.75 bits per heavy atom. The fraction of sp³-hybridized carbons (Fsp3) is 0.900. The van der Waals surface area contributed by atoms with E-state index in [1.807, 2.05) is 6.92 Å². The lowest BCUT2D eigenvalue weighted by Gasteiger charge is -2.46. The molecular formula is C10H18O2. The zero-order valence-electron chi connectivity index (χ0n) is 8.22. The van der Waals surface area contributed by atoms with Gasteiger partial charge in [-0.15, -0.1) is 0 Å². The Balaban J connectivity index is 2.76. The molecule has 70 valence electrons. The van der Waals surface area contributed by atoms with Crippen molar-refractivity contribution in [3.8, 4) is 0 Å². The number of ether oxygens (including phenoxy) is 1. The molecule has 1 saturated carbocycles. The van der Waals surface area contributed by atoms with E-state index in [-0.39, 0.29) is 11.0 Å². The first-order valence-electron chi connectivity index (χ1n) is 4.63. The third-order valence-electron chi connectivity index (χ3n) is 3.45. The van der Waals surface area contributed by atoms with Gasteiger partial charge in [-0.05, 0) is 26.2 Å². The second kappa shape index (κ2) is 3.08. The predicted octanol–water partition coefficient (Wildman–Crippen LogP) is 2.52. The van der Waals surface area contributed by atoms with Gasteiger partial charge in [0.2, 0.25) is 0 Å². The van der Waals surface area contributed by atoms with Crippen molar-refractivity contribution < 1.29 is 9.53 Å². The molecule has 0 aliphatic heterocycles. The lowest BCUT2D eigenvalue weighted by molar-refractivity contribution is -0.161. The van der Waals surface area contributed by atoms with E-state index in [1.54, 1.807) is 0 Å². The number of carbonyl (C=O) groups excluding carboxylic acids is 1. The highest BCUT2D eigenvalue weighted by Crippen LogP contribution is 2.45. The number of rotatable bonds is 2. The minimum atomic E-state index is -0.243. The molecule has 12 heavy (non-hydrogen) atoms. The summed E-state index contributed by atoms with van der Waals surface area (Å²) in [6.45, 7) is 6.99. The van der Waals surface area contributed by atoms with Crippen LogP contribution in [0.2, 0.25) is 0 Å². The summed E-state index contributed by atoms with van der Waals surface area (Å²) in [5, 5.41) is 0. The number of hydrogen-bond acceptors (Lipinski definition) is 2. The van der Waals surface area contributed by atoms with E-state index in [2.05, 4.69) is 13.8 Å². The molecule has 1 aliphatic carbocycles. The van der Waals surface area contributed by atoms with Crippen LogP contribution in [-0.2, 0) is 9.53 Å². The smallest absolute Gasteiger partial charge is 0.293 e. The highest BCUT2D eigenvalue weighted by molar-refractivity contribution is 5.38. The molecule has 0 spiro atoms. The fourth-order valence-electron chi connectivity index (χ4n) is 1.96. The lowest BCUT2D eigenvalue weighted by Crippen LogP contribution is -2.46. The lowest BCUT2D eigenvalue weighted by atomic mass is 9.66. The Labute approximate surface area is 74.3 Å². The molecule has 1 fully saturated rings. The molecule has 1 atom stereocenters. The Hall–Kier alpha value is -0.530. The minimum absolute atomic E-state index is 0.131. The summed E-state index contributed by atoms with van der Waals surface area (Å²) >= 11 is 0. The normalized spacial score (nSPS) is 34.2. The third-order valence-corrected chi connectivity index (χ3v) is 3.45. The zero-order chi connectivity index (χ0) is 9.24. The zero-order valence-corrected chi connectivity index (χ0v) is 8.22. The molecule has 2 heteroatoms. The molecule has 0 N–H and O–H groups in total. The summed E-state index contributed by atoms with van der Waals surface area (Å²) in [6.07, 6.45) is 4.58. The number of hydrogen-bond donors (Lipinski definition) is 0. The van der Waals surface area contributed by atoms with Crippen molar-refractivity contribution in [1.82, 2.24) is 0 Å². The monoisotopic (exact) mass is 170 g/mol. The third kappa shape index (κ3) is 1.47. The standard InChI is InChI=1S/C10H18O2/c1-9(2)6-4-5-7-10(9,3)12-8-11/h8H,4-7H2,1-3H3. The second-order valence-corrected chi connectivity index (χ2v) is 4.54. The van der Waals surface area contributed by atoms with Crippen molar-refractivity contribution in [3.05, 3.63) is 0 Å². The van der Waals surface area contributed by atoms with Crippen molar-refractivity contribution in [2.24, 2.45) is 5.41 Å². The van der Waals surface area contributed by atoms with Crippen molar-refractivity contribution in [3.63, 3.8) is 0 Å². The minimum Gasteiger partial charge on any atom is -0.461 e. The Morgan fingerprint density at radius 3 is 2.25 bits per heavy atom. The van der Waals surface area contributed by atoms with Crippen molar-refractivity contribution in [1.29, 1.82) is 0 Å². The maximum Gasteiger partial charge on any atom is 0.293 e. The summed E-state index contributed by atoms with van der Waals surface area (Å²) in [4.78, 5) is 10.3. The molecule has 0 saturated heterocycles. The topological polar surface area (TPSA) is 26.3 Å². The largest absolute Gasteiger partial charge is 0.461 e. The Bertz CT molecular complexity index is 175. The van der Waals surface area contributed by atoms with Crippen LogP contribution in [0.15, 0.2) is 0 Å². The van der Waals surface area contributed by atoms with Gasteiger partial charge in [-0.3, -0.25) is 4.79 Å². The molecule has 1 aliphatic rings. The average molecular weight is 170 g/mol. The summed E-state index contributed by atoms with van der Waals surface area (Å²) < 4.78 is 5.20. The van der Waals surface area contributed by atoms with Crippen LogP contribution in [0.1, 0.15) is 46.5 Å². The molecule has 0 bridgehead atoms. The van der Waals surface area contributed by atoms with Gasteiger partial charge in [-0.1, -0.05) is 20.3 Å². The molecule has 0 aromatic rings. The van der Waals surface area contributed by atoms with Crippen molar-refractivity contribution in [2.75, 3.05) is 0 Å². The Kier molecular flexibility index (Phi) is 2.45. The highest BCUT2D eigenvalue weighted by Gasteiger charge is 2.44. The van der Waals surface area contributed by atoms with Gasteiger partial charge in [0.25, 0.3) is 6.47 Å². The van der Waals surface area contributed by atoms with E-state index in [4.69, 9.17) is 4.74 Å². The molecular weight excluding hydrogens is 152 g/mol. The SMILES string of the molecule is CC1(C)CCCCC1(C)OC=O. The molecule has 0 aromatic carbocycles. The van der Waals surface area contributed by atoms with Crippen LogP contribution in [0.3, 0.4) is 0 Å². The van der Waals surface area contributed by atoms with Crippen LogP contribution >= 0.6 is 0 Å². The molecule has 0 radical (unpaired) electrons. The van der Waals surface area contributed by atoms with Gasteiger partial charge in [-0.2, -0.15) is 0 Å². The number of carbonyl (C=O) groups is 1. The van der Waals surface area contributed by atoms with E-state index in [1.165, 1.54) is 12.8 Å². The maximum atomic E-state index is 10.3. The highest BCUT2D eigenvalue weighted by atomic mass is 16.5. The quantitative estimate of drug-likeness (QED) is 0.595. The van der Waals surface area contributed by atoms with Crippen LogP contribution in [0.4, 0.5) is 0 Å². The van der Waals surface area contributed by atoms with Gasteiger partial charge in [0.1, 0.15) is 5.60 Å². The van der Waals surface area contributed by atoms with Gasteiger partial charge in [-0.25, -0.2) is 0 Å². The van der Waals surface area contributed by atoms with E-state index < -0.39 is 0 Å². The van der Waals surface area contributed by atoms with Crippen LogP contribution in [-0.4, -0.2) is 12.1 Å². The van der Waals surface area contributed by atoms with Crippen LogP contribution in [0.25, 0.3) is 0 Å². The van der Waals surface area contributed by atoms with Crippen molar-refractivity contribution >= 4 is 6.47 Å². The molecule has 0 amide bonds. The predicted molar refractivity (Wildman–Crippen MR) is 47.8 cm³/mol.